The van der Waals surface area contributed by atoms with Crippen LogP contribution in [0.15, 0.2) is 21.2 Å². The number of rotatable bonds is 4. The lowest BCUT2D eigenvalue weighted by atomic mass is 9.87. The molecule has 1 amide bonds. The highest BCUT2D eigenvalue weighted by molar-refractivity contribution is 9.10. The van der Waals surface area contributed by atoms with E-state index in [0.717, 1.165) is 31.6 Å². The Morgan fingerprint density at radius 3 is 2.57 bits per heavy atom. The summed E-state index contributed by atoms with van der Waals surface area (Å²) < 4.78 is 10.5. The molecular weight excluding hydrogens is 338 g/mol. The Kier molecular flexibility index (Phi) is 5.45. The predicted octanol–water partition coefficient (Wildman–Crippen LogP) is 3.24. The molecule has 1 aliphatic rings. The molecule has 6 heteroatoms. The number of hydrogen-bond acceptors (Lipinski definition) is 4. The zero-order valence-electron chi connectivity index (χ0n) is 12.3. The lowest BCUT2D eigenvalue weighted by Gasteiger charge is -2.33. The highest BCUT2D eigenvalue weighted by Gasteiger charge is 2.25. The van der Waals surface area contributed by atoms with Gasteiger partial charge >= 0.3 is 5.97 Å². The maximum atomic E-state index is 12.1. The summed E-state index contributed by atoms with van der Waals surface area (Å²) in [5.41, 5.74) is 0. The van der Waals surface area contributed by atoms with Crippen LogP contribution in [0.1, 0.15) is 43.2 Å². The highest BCUT2D eigenvalue weighted by Crippen LogP contribution is 2.26. The molecule has 21 heavy (non-hydrogen) atoms. The topological polar surface area (TPSA) is 59.8 Å². The fourth-order valence-electron chi connectivity index (χ4n) is 2.56. The minimum atomic E-state index is -0.625. The first-order valence-corrected chi connectivity index (χ1v) is 7.94. The zero-order valence-corrected chi connectivity index (χ0v) is 13.9. The molecule has 0 radical (unpaired) electrons. The lowest BCUT2D eigenvalue weighted by molar-refractivity contribution is -0.136. The van der Waals surface area contributed by atoms with Crippen LogP contribution in [0.3, 0.4) is 0 Å². The van der Waals surface area contributed by atoms with Gasteiger partial charge in [0.05, 0.1) is 0 Å². The smallest absolute Gasteiger partial charge is 0.374 e. The molecule has 1 aliphatic carbocycles. The van der Waals surface area contributed by atoms with Gasteiger partial charge in [0.1, 0.15) is 0 Å². The number of likely N-dealkylation sites (N-methyl/N-ethyl adjacent to an activating group) is 1. The van der Waals surface area contributed by atoms with Crippen LogP contribution in [0.5, 0.6) is 0 Å². The van der Waals surface area contributed by atoms with E-state index in [9.17, 15) is 9.59 Å². The van der Waals surface area contributed by atoms with Crippen LogP contribution >= 0.6 is 15.9 Å². The largest absolute Gasteiger partial charge is 0.450 e. The predicted molar refractivity (Wildman–Crippen MR) is 80.9 cm³/mol. The third kappa shape index (κ3) is 4.33. The molecule has 0 atom stereocenters. The maximum Gasteiger partial charge on any atom is 0.374 e. The van der Waals surface area contributed by atoms with E-state index in [2.05, 4.69) is 22.9 Å². The summed E-state index contributed by atoms with van der Waals surface area (Å²) in [5.74, 6) is 0.0250. The van der Waals surface area contributed by atoms with E-state index >= 15 is 0 Å². The van der Waals surface area contributed by atoms with Crippen molar-refractivity contribution in [3.63, 3.8) is 0 Å². The zero-order chi connectivity index (χ0) is 15.4. The van der Waals surface area contributed by atoms with Crippen LogP contribution in [-0.4, -0.2) is 36.5 Å². The van der Waals surface area contributed by atoms with Gasteiger partial charge in [0.15, 0.2) is 11.3 Å². The average Bonchev–Trinajstić information content (AvgIpc) is 2.91. The van der Waals surface area contributed by atoms with Crippen LogP contribution in [0.4, 0.5) is 0 Å². The summed E-state index contributed by atoms with van der Waals surface area (Å²) in [6.07, 6.45) is 4.32. The van der Waals surface area contributed by atoms with Crippen molar-refractivity contribution in [1.82, 2.24) is 4.90 Å². The van der Waals surface area contributed by atoms with E-state index in [4.69, 9.17) is 9.15 Å². The summed E-state index contributed by atoms with van der Waals surface area (Å²) in [4.78, 5) is 25.5. The number of ether oxygens (including phenoxy) is 1. The van der Waals surface area contributed by atoms with Crippen molar-refractivity contribution in [1.29, 1.82) is 0 Å². The Hall–Kier alpha value is -1.30. The van der Waals surface area contributed by atoms with Gasteiger partial charge in [-0.05, 0) is 59.7 Å². The molecular formula is C15H20BrNO4. The molecule has 0 saturated heterocycles. The number of furan rings is 1. The molecule has 116 valence electrons. The molecule has 0 aromatic carbocycles. The number of amides is 1. The van der Waals surface area contributed by atoms with Crippen LogP contribution in [0.25, 0.3) is 0 Å². The van der Waals surface area contributed by atoms with E-state index in [1.807, 2.05) is 0 Å². The van der Waals surface area contributed by atoms with Crippen LogP contribution in [0.2, 0.25) is 0 Å². The molecule has 1 heterocycles. The number of esters is 1. The molecule has 0 N–H and O–H groups in total. The molecule has 2 rings (SSSR count). The van der Waals surface area contributed by atoms with Gasteiger partial charge in [-0.1, -0.05) is 6.92 Å². The van der Waals surface area contributed by atoms with Gasteiger partial charge in [-0.2, -0.15) is 0 Å². The van der Waals surface area contributed by atoms with E-state index in [1.54, 1.807) is 18.0 Å². The monoisotopic (exact) mass is 357 g/mol. The van der Waals surface area contributed by atoms with Gasteiger partial charge < -0.3 is 14.1 Å². The number of halogens is 1. The van der Waals surface area contributed by atoms with Crippen LogP contribution < -0.4 is 0 Å². The summed E-state index contributed by atoms with van der Waals surface area (Å²) in [6.45, 7) is 1.99. The van der Waals surface area contributed by atoms with Gasteiger partial charge in [0.2, 0.25) is 5.76 Å². The summed E-state index contributed by atoms with van der Waals surface area (Å²) >= 11 is 3.11. The molecule has 1 aromatic heterocycles. The van der Waals surface area contributed by atoms with Gasteiger partial charge in [-0.15, -0.1) is 0 Å². The Morgan fingerprint density at radius 2 is 2.00 bits per heavy atom. The second-order valence-electron chi connectivity index (χ2n) is 5.60. The number of hydrogen-bond donors (Lipinski definition) is 0. The maximum absolute atomic E-state index is 12.1. The van der Waals surface area contributed by atoms with Crippen molar-refractivity contribution in [2.75, 3.05) is 13.7 Å². The van der Waals surface area contributed by atoms with Gasteiger partial charge in [-0.25, -0.2) is 4.79 Å². The third-order valence-corrected chi connectivity index (χ3v) is 4.45. The Morgan fingerprint density at radius 1 is 1.33 bits per heavy atom. The average molecular weight is 358 g/mol. The second-order valence-corrected chi connectivity index (χ2v) is 6.38. The first-order chi connectivity index (χ1) is 9.97. The molecule has 5 nitrogen and oxygen atoms in total. The minimum absolute atomic E-state index is 0.0869. The van der Waals surface area contributed by atoms with Crippen molar-refractivity contribution in [3.8, 4) is 0 Å². The molecule has 0 unspecified atom stereocenters. The number of carbonyl (C=O) groups is 2. The van der Waals surface area contributed by atoms with Gasteiger partial charge in [0, 0.05) is 13.1 Å². The van der Waals surface area contributed by atoms with Gasteiger partial charge in [-0.3, -0.25) is 4.79 Å². The van der Waals surface area contributed by atoms with Crippen molar-refractivity contribution < 1.29 is 18.7 Å². The standard InChI is InChI=1S/C15H20BrNO4/c1-10-3-5-11(6-4-10)17(2)14(18)9-20-15(19)12-7-8-13(16)21-12/h7-8,10-11H,3-6,9H2,1-2H3. The number of carbonyl (C=O) groups excluding carboxylic acids is 2. The first-order valence-electron chi connectivity index (χ1n) is 7.15. The summed E-state index contributed by atoms with van der Waals surface area (Å²) in [6, 6.07) is 3.36. The second kappa shape index (κ2) is 7.11. The molecule has 1 fully saturated rings. The van der Waals surface area contributed by atoms with E-state index in [-0.39, 0.29) is 24.3 Å². The Labute approximate surface area is 132 Å². The number of nitrogens with zero attached hydrogens (tertiary/aromatic N) is 1. The molecule has 1 aromatic rings. The summed E-state index contributed by atoms with van der Waals surface area (Å²) in [5, 5.41) is 0. The molecule has 1 saturated carbocycles. The minimum Gasteiger partial charge on any atom is -0.450 e. The normalized spacial score (nSPS) is 21.9. The fourth-order valence-corrected chi connectivity index (χ4v) is 2.86. The lowest BCUT2D eigenvalue weighted by Crippen LogP contribution is -2.41. The SMILES string of the molecule is CC1CCC(N(C)C(=O)COC(=O)c2ccc(Br)o2)CC1. The van der Waals surface area contributed by atoms with Crippen molar-refractivity contribution in [2.24, 2.45) is 5.92 Å². The van der Waals surface area contributed by atoms with Crippen molar-refractivity contribution in [3.05, 3.63) is 22.6 Å². The van der Waals surface area contributed by atoms with Crippen LogP contribution in [-0.2, 0) is 9.53 Å². The van der Waals surface area contributed by atoms with E-state index in [0.29, 0.717) is 4.67 Å². The Bertz CT molecular complexity index is 506. The fraction of sp³-hybridized carbons (Fsp3) is 0.600. The van der Waals surface area contributed by atoms with E-state index < -0.39 is 5.97 Å². The molecule has 0 spiro atoms. The van der Waals surface area contributed by atoms with Crippen LogP contribution in [0, 0.1) is 5.92 Å². The molecule has 0 bridgehead atoms. The van der Waals surface area contributed by atoms with Crippen molar-refractivity contribution in [2.45, 2.75) is 38.6 Å². The highest BCUT2D eigenvalue weighted by atomic mass is 79.9. The Balaban J connectivity index is 1.80. The quantitative estimate of drug-likeness (QED) is 0.776. The van der Waals surface area contributed by atoms with Crippen molar-refractivity contribution >= 4 is 27.8 Å². The third-order valence-electron chi connectivity index (χ3n) is 4.03. The molecule has 0 aliphatic heterocycles. The first kappa shape index (κ1) is 16.1. The van der Waals surface area contributed by atoms with E-state index in [1.165, 1.54) is 6.07 Å². The summed E-state index contributed by atoms with van der Waals surface area (Å²) in [7, 11) is 1.78. The van der Waals surface area contributed by atoms with Gasteiger partial charge in [0.25, 0.3) is 5.91 Å².